The zero-order valence-electron chi connectivity index (χ0n) is 15.9. The molecule has 1 aliphatic heterocycles. The maximum absolute atomic E-state index is 11.9. The number of nitro groups is 1. The van der Waals surface area contributed by atoms with Crippen molar-refractivity contribution in [3.63, 3.8) is 0 Å². The van der Waals surface area contributed by atoms with Gasteiger partial charge in [0.25, 0.3) is 0 Å². The molecule has 3 atom stereocenters. The predicted molar refractivity (Wildman–Crippen MR) is 102 cm³/mol. The van der Waals surface area contributed by atoms with E-state index in [1.807, 2.05) is 42.2 Å². The van der Waals surface area contributed by atoms with E-state index in [1.165, 1.54) is 6.21 Å². The lowest BCUT2D eigenvalue weighted by molar-refractivity contribution is -0.417. The van der Waals surface area contributed by atoms with Crippen molar-refractivity contribution in [1.29, 1.82) is 0 Å². The summed E-state index contributed by atoms with van der Waals surface area (Å²) in [5.74, 6) is -0.0780. The molecule has 0 bridgehead atoms. The molecule has 144 valence electrons. The van der Waals surface area contributed by atoms with Gasteiger partial charge in [-0.15, -0.1) is 0 Å². The molecule has 27 heavy (non-hydrogen) atoms. The maximum atomic E-state index is 11.9. The number of carbonyl (C=O) groups excluding carboxylic acids is 1. The topological polar surface area (TPSA) is 85.0 Å². The number of dihydropyridines is 1. The molecule has 1 aromatic carbocycles. The summed E-state index contributed by atoms with van der Waals surface area (Å²) < 4.78 is 5.04. The highest BCUT2D eigenvalue weighted by Gasteiger charge is 2.64. The summed E-state index contributed by atoms with van der Waals surface area (Å²) in [5, 5.41) is 11.7. The molecule has 1 fully saturated rings. The van der Waals surface area contributed by atoms with Crippen LogP contribution in [0.15, 0.2) is 46.7 Å². The third kappa shape index (κ3) is 3.72. The number of hydrogen-bond donors (Lipinski definition) is 0. The summed E-state index contributed by atoms with van der Waals surface area (Å²) in [6, 6.07) is 9.77. The van der Waals surface area contributed by atoms with Crippen LogP contribution in [0, 0.1) is 22.0 Å². The monoisotopic (exact) mass is 371 g/mol. The Morgan fingerprint density at radius 2 is 2.07 bits per heavy atom. The van der Waals surface area contributed by atoms with Crippen LogP contribution >= 0.6 is 0 Å². The Labute approximate surface area is 158 Å². The number of allylic oxidation sites excluding steroid dienone is 1. The van der Waals surface area contributed by atoms with Crippen LogP contribution in [0.2, 0.25) is 0 Å². The van der Waals surface area contributed by atoms with Crippen LogP contribution in [-0.2, 0) is 16.1 Å². The van der Waals surface area contributed by atoms with Crippen LogP contribution in [0.25, 0.3) is 0 Å². The first kappa shape index (κ1) is 19.1. The number of benzene rings is 1. The quantitative estimate of drug-likeness (QED) is 0.398. The number of esters is 1. The van der Waals surface area contributed by atoms with Gasteiger partial charge in [-0.2, -0.15) is 0 Å². The van der Waals surface area contributed by atoms with Gasteiger partial charge in [0.1, 0.15) is 11.9 Å². The molecule has 0 amide bonds. The number of aliphatic imine (C=N–C) groups is 1. The largest absolute Gasteiger partial charge is 0.466 e. The van der Waals surface area contributed by atoms with Gasteiger partial charge in [0.05, 0.1) is 23.5 Å². The molecule has 0 radical (unpaired) electrons. The van der Waals surface area contributed by atoms with Crippen molar-refractivity contribution in [2.24, 2.45) is 16.8 Å². The van der Waals surface area contributed by atoms with Crippen molar-refractivity contribution >= 4 is 12.2 Å². The van der Waals surface area contributed by atoms with Crippen molar-refractivity contribution in [3.8, 4) is 0 Å². The number of hydrogen-bond acceptors (Lipinski definition) is 6. The van der Waals surface area contributed by atoms with Gasteiger partial charge in [-0.3, -0.25) is 19.9 Å². The van der Waals surface area contributed by atoms with Gasteiger partial charge < -0.3 is 9.64 Å². The Bertz CT molecular complexity index is 790. The van der Waals surface area contributed by atoms with Crippen LogP contribution in [-0.4, -0.2) is 40.7 Å². The lowest BCUT2D eigenvalue weighted by Gasteiger charge is -2.29. The first-order valence-corrected chi connectivity index (χ1v) is 9.26. The van der Waals surface area contributed by atoms with Crippen LogP contribution < -0.4 is 0 Å². The zero-order chi connectivity index (χ0) is 19.6. The fourth-order valence-electron chi connectivity index (χ4n) is 3.89. The number of rotatable bonds is 8. The third-order valence-corrected chi connectivity index (χ3v) is 5.61. The lowest BCUT2D eigenvalue weighted by atomic mass is 10.1. The van der Waals surface area contributed by atoms with E-state index in [1.54, 1.807) is 6.92 Å². The highest BCUT2D eigenvalue weighted by molar-refractivity contribution is 5.80. The molecular weight excluding hydrogens is 346 g/mol. The molecule has 0 N–H and O–H groups in total. The SMILES string of the molecule is CCOC(=O)CCN(Cc1ccccc1)C1=C([N+](=O)[O-])C=NC2(C)C1[C@H]2C. The lowest BCUT2D eigenvalue weighted by Crippen LogP contribution is -2.32. The van der Waals surface area contributed by atoms with Crippen LogP contribution in [0.4, 0.5) is 0 Å². The minimum Gasteiger partial charge on any atom is -0.466 e. The number of nitrogens with zero attached hydrogens (tertiary/aromatic N) is 3. The minimum absolute atomic E-state index is 0.00573. The number of ether oxygens (including phenoxy) is 1. The van der Waals surface area contributed by atoms with Crippen molar-refractivity contribution in [2.75, 3.05) is 13.2 Å². The highest BCUT2D eigenvalue weighted by Crippen LogP contribution is 2.59. The molecule has 1 aromatic rings. The van der Waals surface area contributed by atoms with Crippen molar-refractivity contribution in [1.82, 2.24) is 4.90 Å². The predicted octanol–water partition coefficient (Wildman–Crippen LogP) is 3.04. The molecule has 7 nitrogen and oxygen atoms in total. The minimum atomic E-state index is -0.369. The normalized spacial score (nSPS) is 25.7. The average Bonchev–Trinajstić information content (AvgIpc) is 3.20. The first-order valence-electron chi connectivity index (χ1n) is 9.26. The maximum Gasteiger partial charge on any atom is 0.307 e. The van der Waals surface area contributed by atoms with Gasteiger partial charge in [0.2, 0.25) is 0 Å². The van der Waals surface area contributed by atoms with E-state index in [0.29, 0.717) is 25.4 Å². The van der Waals surface area contributed by atoms with E-state index < -0.39 is 0 Å². The Morgan fingerprint density at radius 3 is 2.70 bits per heavy atom. The second-order valence-electron chi connectivity index (χ2n) is 7.24. The second-order valence-corrected chi connectivity index (χ2v) is 7.24. The first-order chi connectivity index (χ1) is 12.9. The molecule has 0 saturated heterocycles. The summed E-state index contributed by atoms with van der Waals surface area (Å²) in [5.41, 5.74) is 1.45. The number of fused-ring (bicyclic) bond motifs is 1. The molecule has 0 spiro atoms. The molecule has 1 heterocycles. The molecular formula is C20H25N3O4. The van der Waals surface area contributed by atoms with Gasteiger partial charge in [-0.1, -0.05) is 37.3 Å². The van der Waals surface area contributed by atoms with E-state index in [9.17, 15) is 14.9 Å². The van der Waals surface area contributed by atoms with Gasteiger partial charge in [-0.05, 0) is 25.3 Å². The van der Waals surface area contributed by atoms with Gasteiger partial charge in [0.15, 0.2) is 0 Å². The average molecular weight is 371 g/mol. The Hall–Kier alpha value is -2.70. The van der Waals surface area contributed by atoms with E-state index in [2.05, 4.69) is 11.9 Å². The Morgan fingerprint density at radius 1 is 1.37 bits per heavy atom. The van der Waals surface area contributed by atoms with Gasteiger partial charge in [0, 0.05) is 19.0 Å². The van der Waals surface area contributed by atoms with E-state index in [4.69, 9.17) is 4.74 Å². The molecule has 2 unspecified atom stereocenters. The van der Waals surface area contributed by atoms with Gasteiger partial charge >= 0.3 is 11.7 Å². The summed E-state index contributed by atoms with van der Waals surface area (Å²) in [6.45, 7) is 7.05. The fraction of sp³-hybridized carbons (Fsp3) is 0.500. The standard InChI is InChI=1S/C20H25N3O4/c1-4-27-17(24)10-11-22(13-15-8-6-5-7-9-15)19-16(23(25)26)12-21-20(3)14(2)18(19)20/h5-9,12,14,18H,4,10-11,13H2,1-3H3/t14-,18?,20?/m1/s1. The Kier molecular flexibility index (Phi) is 5.30. The molecule has 3 rings (SSSR count). The van der Waals surface area contributed by atoms with E-state index in [0.717, 1.165) is 5.56 Å². The second kappa shape index (κ2) is 7.50. The summed E-state index contributed by atoms with van der Waals surface area (Å²) in [7, 11) is 0. The Balaban J connectivity index is 1.93. The third-order valence-electron chi connectivity index (χ3n) is 5.61. The van der Waals surface area contributed by atoms with Crippen molar-refractivity contribution in [3.05, 3.63) is 57.4 Å². The van der Waals surface area contributed by atoms with Gasteiger partial charge in [-0.25, -0.2) is 0 Å². The molecule has 1 aliphatic carbocycles. The van der Waals surface area contributed by atoms with Crippen molar-refractivity contribution in [2.45, 2.75) is 39.3 Å². The van der Waals surface area contributed by atoms with Crippen LogP contribution in [0.3, 0.4) is 0 Å². The van der Waals surface area contributed by atoms with E-state index in [-0.39, 0.29) is 40.4 Å². The summed E-state index contributed by atoms with van der Waals surface area (Å²) in [6.07, 6.45) is 1.57. The van der Waals surface area contributed by atoms with Crippen molar-refractivity contribution < 1.29 is 14.5 Å². The summed E-state index contributed by atoms with van der Waals surface area (Å²) in [4.78, 5) is 29.6. The summed E-state index contributed by atoms with van der Waals surface area (Å²) >= 11 is 0. The zero-order valence-corrected chi connectivity index (χ0v) is 15.9. The molecule has 2 aliphatic rings. The molecule has 1 saturated carbocycles. The highest BCUT2D eigenvalue weighted by atomic mass is 16.6. The van der Waals surface area contributed by atoms with Crippen LogP contribution in [0.1, 0.15) is 32.8 Å². The van der Waals surface area contributed by atoms with E-state index >= 15 is 0 Å². The smallest absolute Gasteiger partial charge is 0.307 e. The number of carbonyl (C=O) groups is 1. The van der Waals surface area contributed by atoms with Crippen LogP contribution in [0.5, 0.6) is 0 Å². The molecule has 7 heteroatoms. The molecule has 0 aromatic heterocycles. The fourth-order valence-corrected chi connectivity index (χ4v) is 3.89.